The largest absolute Gasteiger partial charge is 0.380 e. The Morgan fingerprint density at radius 2 is 2.07 bits per heavy atom. The first-order valence-corrected chi connectivity index (χ1v) is 5.61. The van der Waals surface area contributed by atoms with Crippen molar-refractivity contribution < 1.29 is 4.74 Å². The number of hydrogen-bond donors (Lipinski definition) is 1. The highest BCUT2D eigenvalue weighted by molar-refractivity contribution is 4.82. The molecule has 3 nitrogen and oxygen atoms in total. The smallest absolute Gasteiger partial charge is 0.0693 e. The molecule has 14 heavy (non-hydrogen) atoms. The summed E-state index contributed by atoms with van der Waals surface area (Å²) in [5.74, 6) is 0. The van der Waals surface area contributed by atoms with Gasteiger partial charge in [0.05, 0.1) is 6.10 Å². The summed E-state index contributed by atoms with van der Waals surface area (Å²) in [7, 11) is 3.98. The molecule has 0 aromatic heterocycles. The third-order valence-corrected chi connectivity index (χ3v) is 3.18. The van der Waals surface area contributed by atoms with Crippen molar-refractivity contribution in [2.45, 2.75) is 44.9 Å². The highest BCUT2D eigenvalue weighted by Crippen LogP contribution is 2.24. The number of likely N-dealkylation sites (N-methyl/N-ethyl adjacent to an activating group) is 1. The summed E-state index contributed by atoms with van der Waals surface area (Å²) in [5, 5.41) is 3.48. The molecule has 0 heterocycles. The normalized spacial score (nSPS) is 21.2. The minimum atomic E-state index is 0.293. The van der Waals surface area contributed by atoms with Crippen molar-refractivity contribution in [1.29, 1.82) is 0 Å². The van der Waals surface area contributed by atoms with Gasteiger partial charge in [0.25, 0.3) is 0 Å². The predicted molar refractivity (Wildman–Crippen MR) is 59.6 cm³/mol. The van der Waals surface area contributed by atoms with Crippen molar-refractivity contribution in [2.24, 2.45) is 0 Å². The van der Waals surface area contributed by atoms with Crippen LogP contribution in [0.25, 0.3) is 0 Å². The molecule has 1 saturated carbocycles. The molecule has 0 aromatic rings. The molecule has 0 radical (unpaired) electrons. The quantitative estimate of drug-likeness (QED) is 0.666. The maximum atomic E-state index is 5.25. The molecule has 1 N–H and O–H groups in total. The van der Waals surface area contributed by atoms with Crippen LogP contribution in [-0.4, -0.2) is 50.3 Å². The van der Waals surface area contributed by atoms with Gasteiger partial charge in [-0.3, -0.25) is 0 Å². The standard InChI is InChI=1S/C11H24N2O/c1-9(10(2)14-4)12-7-8-13(3)11-5-6-11/h9-12H,5-8H2,1-4H3. The zero-order valence-electron chi connectivity index (χ0n) is 9.92. The molecule has 1 fully saturated rings. The number of rotatable bonds is 7. The first kappa shape index (κ1) is 12.0. The monoisotopic (exact) mass is 200 g/mol. The zero-order chi connectivity index (χ0) is 10.6. The van der Waals surface area contributed by atoms with Crippen LogP contribution in [0.15, 0.2) is 0 Å². The van der Waals surface area contributed by atoms with Crippen LogP contribution in [-0.2, 0) is 4.74 Å². The average molecular weight is 200 g/mol. The summed E-state index contributed by atoms with van der Waals surface area (Å²) < 4.78 is 5.25. The summed E-state index contributed by atoms with van der Waals surface area (Å²) in [6.45, 7) is 6.47. The van der Waals surface area contributed by atoms with Crippen LogP contribution in [0, 0.1) is 0 Å². The van der Waals surface area contributed by atoms with Gasteiger partial charge in [-0.2, -0.15) is 0 Å². The van der Waals surface area contributed by atoms with Crippen molar-refractivity contribution >= 4 is 0 Å². The third kappa shape index (κ3) is 3.95. The number of ether oxygens (including phenoxy) is 1. The van der Waals surface area contributed by atoms with Gasteiger partial charge in [-0.25, -0.2) is 0 Å². The Morgan fingerprint density at radius 3 is 2.57 bits per heavy atom. The van der Waals surface area contributed by atoms with E-state index in [2.05, 4.69) is 31.1 Å². The van der Waals surface area contributed by atoms with Crippen LogP contribution in [0.2, 0.25) is 0 Å². The lowest BCUT2D eigenvalue weighted by molar-refractivity contribution is 0.0878. The van der Waals surface area contributed by atoms with E-state index in [0.29, 0.717) is 12.1 Å². The first-order chi connectivity index (χ1) is 6.65. The number of hydrogen-bond acceptors (Lipinski definition) is 3. The highest BCUT2D eigenvalue weighted by Gasteiger charge is 2.25. The van der Waals surface area contributed by atoms with Gasteiger partial charge in [0, 0.05) is 32.3 Å². The molecule has 1 aliphatic carbocycles. The number of methoxy groups -OCH3 is 1. The summed E-state index contributed by atoms with van der Waals surface area (Å²) in [5.41, 5.74) is 0. The van der Waals surface area contributed by atoms with Gasteiger partial charge in [0.2, 0.25) is 0 Å². The number of nitrogens with one attached hydrogen (secondary N) is 1. The summed E-state index contributed by atoms with van der Waals surface area (Å²) in [6.07, 6.45) is 3.07. The molecule has 1 aliphatic rings. The SMILES string of the molecule is COC(C)C(C)NCCN(C)C1CC1. The van der Waals surface area contributed by atoms with Crippen LogP contribution >= 0.6 is 0 Å². The maximum absolute atomic E-state index is 5.25. The minimum absolute atomic E-state index is 0.293. The molecule has 84 valence electrons. The molecule has 0 amide bonds. The van der Waals surface area contributed by atoms with E-state index in [1.165, 1.54) is 12.8 Å². The maximum Gasteiger partial charge on any atom is 0.0693 e. The minimum Gasteiger partial charge on any atom is -0.380 e. The Labute approximate surface area is 87.8 Å². The first-order valence-electron chi connectivity index (χ1n) is 5.61. The van der Waals surface area contributed by atoms with Crippen LogP contribution < -0.4 is 5.32 Å². The average Bonchev–Trinajstić information content (AvgIpc) is 2.99. The van der Waals surface area contributed by atoms with E-state index >= 15 is 0 Å². The van der Waals surface area contributed by atoms with E-state index in [1.807, 2.05) is 0 Å². The van der Waals surface area contributed by atoms with Crippen LogP contribution in [0.5, 0.6) is 0 Å². The lowest BCUT2D eigenvalue weighted by Crippen LogP contribution is -2.40. The van der Waals surface area contributed by atoms with Crippen LogP contribution in [0.1, 0.15) is 26.7 Å². The molecule has 0 bridgehead atoms. The van der Waals surface area contributed by atoms with Crippen molar-refractivity contribution in [3.63, 3.8) is 0 Å². The summed E-state index contributed by atoms with van der Waals surface area (Å²) in [4.78, 5) is 2.44. The van der Waals surface area contributed by atoms with Crippen molar-refractivity contribution in [1.82, 2.24) is 10.2 Å². The third-order valence-electron chi connectivity index (χ3n) is 3.18. The predicted octanol–water partition coefficient (Wildman–Crippen LogP) is 1.09. The Hall–Kier alpha value is -0.120. The van der Waals surface area contributed by atoms with E-state index in [0.717, 1.165) is 19.1 Å². The molecule has 0 saturated heterocycles. The van der Waals surface area contributed by atoms with Gasteiger partial charge in [0.1, 0.15) is 0 Å². The molecular formula is C11H24N2O. The van der Waals surface area contributed by atoms with Gasteiger partial charge >= 0.3 is 0 Å². The summed E-state index contributed by atoms with van der Waals surface area (Å²) in [6, 6.07) is 1.31. The highest BCUT2D eigenvalue weighted by atomic mass is 16.5. The molecule has 2 unspecified atom stereocenters. The Morgan fingerprint density at radius 1 is 1.43 bits per heavy atom. The Balaban J connectivity index is 2.01. The topological polar surface area (TPSA) is 24.5 Å². The van der Waals surface area contributed by atoms with E-state index in [1.54, 1.807) is 7.11 Å². The Kier molecular flexibility index (Phi) is 4.85. The van der Waals surface area contributed by atoms with Gasteiger partial charge in [-0.1, -0.05) is 0 Å². The molecular weight excluding hydrogens is 176 g/mol. The van der Waals surface area contributed by atoms with E-state index in [-0.39, 0.29) is 0 Å². The molecule has 0 aromatic carbocycles. The van der Waals surface area contributed by atoms with Gasteiger partial charge < -0.3 is 15.0 Å². The summed E-state index contributed by atoms with van der Waals surface area (Å²) >= 11 is 0. The van der Waals surface area contributed by atoms with E-state index < -0.39 is 0 Å². The fourth-order valence-corrected chi connectivity index (χ4v) is 1.54. The van der Waals surface area contributed by atoms with Gasteiger partial charge in [-0.05, 0) is 33.7 Å². The molecule has 0 aliphatic heterocycles. The lowest BCUT2D eigenvalue weighted by atomic mass is 10.2. The second-order valence-corrected chi connectivity index (χ2v) is 4.40. The fraction of sp³-hybridized carbons (Fsp3) is 1.00. The molecule has 1 rings (SSSR count). The van der Waals surface area contributed by atoms with Crippen molar-refractivity contribution in [2.75, 3.05) is 27.2 Å². The second kappa shape index (κ2) is 5.69. The fourth-order valence-electron chi connectivity index (χ4n) is 1.54. The Bertz CT molecular complexity index is 159. The van der Waals surface area contributed by atoms with E-state index in [4.69, 9.17) is 4.74 Å². The number of nitrogens with zero attached hydrogens (tertiary/aromatic N) is 1. The molecule has 0 spiro atoms. The lowest BCUT2D eigenvalue weighted by Gasteiger charge is -2.22. The van der Waals surface area contributed by atoms with Gasteiger partial charge in [-0.15, -0.1) is 0 Å². The molecule has 2 atom stereocenters. The molecule has 3 heteroatoms. The van der Waals surface area contributed by atoms with Crippen molar-refractivity contribution in [3.8, 4) is 0 Å². The van der Waals surface area contributed by atoms with Crippen LogP contribution in [0.3, 0.4) is 0 Å². The van der Waals surface area contributed by atoms with Crippen LogP contribution in [0.4, 0.5) is 0 Å². The van der Waals surface area contributed by atoms with E-state index in [9.17, 15) is 0 Å². The van der Waals surface area contributed by atoms with Gasteiger partial charge in [0.15, 0.2) is 0 Å². The second-order valence-electron chi connectivity index (χ2n) is 4.40. The van der Waals surface area contributed by atoms with Crippen molar-refractivity contribution in [3.05, 3.63) is 0 Å². The zero-order valence-corrected chi connectivity index (χ0v) is 9.92.